The van der Waals surface area contributed by atoms with Gasteiger partial charge in [0.25, 0.3) is 11.7 Å². The van der Waals surface area contributed by atoms with Gasteiger partial charge in [0.2, 0.25) is 11.7 Å². The predicted molar refractivity (Wildman–Crippen MR) is 78.4 cm³/mol. The molecule has 0 saturated carbocycles. The minimum Gasteiger partial charge on any atom is -0.347 e. The zero-order chi connectivity index (χ0) is 15.9. The summed E-state index contributed by atoms with van der Waals surface area (Å²) in [5.41, 5.74) is 1.70. The fourth-order valence-corrected chi connectivity index (χ4v) is 2.65. The second-order valence-corrected chi connectivity index (χ2v) is 5.59. The molecule has 116 valence electrons. The van der Waals surface area contributed by atoms with Crippen LogP contribution in [-0.4, -0.2) is 55.9 Å². The van der Waals surface area contributed by atoms with Crippen LogP contribution in [0, 0.1) is 13.8 Å². The third-order valence-corrected chi connectivity index (χ3v) is 3.95. The summed E-state index contributed by atoms with van der Waals surface area (Å²) < 4.78 is 1.55. The highest BCUT2D eigenvalue weighted by Crippen LogP contribution is 2.15. The van der Waals surface area contributed by atoms with E-state index in [4.69, 9.17) is 0 Å². The Morgan fingerprint density at radius 1 is 1.41 bits per heavy atom. The molecule has 22 heavy (non-hydrogen) atoms. The first-order chi connectivity index (χ1) is 10.5. The van der Waals surface area contributed by atoms with Crippen LogP contribution in [0.2, 0.25) is 0 Å². The van der Waals surface area contributed by atoms with Crippen molar-refractivity contribution in [3.8, 4) is 0 Å². The van der Waals surface area contributed by atoms with Gasteiger partial charge in [-0.3, -0.25) is 9.59 Å². The molecular weight excluding hydrogens is 284 g/mol. The van der Waals surface area contributed by atoms with Crippen molar-refractivity contribution in [3.63, 3.8) is 0 Å². The third-order valence-electron chi connectivity index (χ3n) is 3.95. The SMILES string of the molecule is Cc1cc(C)n2nc(C(=O)NCC3CCC(=O)N3C)nc2n1. The number of hydrogen-bond acceptors (Lipinski definition) is 5. The van der Waals surface area contributed by atoms with Gasteiger partial charge < -0.3 is 10.2 Å². The summed E-state index contributed by atoms with van der Waals surface area (Å²) in [5.74, 6) is 0.264. The Balaban J connectivity index is 1.73. The van der Waals surface area contributed by atoms with Crippen molar-refractivity contribution in [2.45, 2.75) is 32.7 Å². The molecule has 1 saturated heterocycles. The molecule has 1 fully saturated rings. The molecule has 1 N–H and O–H groups in total. The van der Waals surface area contributed by atoms with Gasteiger partial charge in [-0.25, -0.2) is 9.50 Å². The Labute approximate surface area is 127 Å². The maximum Gasteiger partial charge on any atom is 0.291 e. The molecule has 3 rings (SSSR count). The van der Waals surface area contributed by atoms with Gasteiger partial charge in [-0.2, -0.15) is 4.98 Å². The maximum absolute atomic E-state index is 12.2. The summed E-state index contributed by atoms with van der Waals surface area (Å²) in [5, 5.41) is 6.97. The van der Waals surface area contributed by atoms with Crippen LogP contribution in [0.5, 0.6) is 0 Å². The van der Waals surface area contributed by atoms with Crippen LogP contribution in [0.15, 0.2) is 6.07 Å². The first kappa shape index (κ1) is 14.4. The van der Waals surface area contributed by atoms with Gasteiger partial charge in [-0.15, -0.1) is 5.10 Å². The molecule has 1 atom stereocenters. The Hall–Kier alpha value is -2.51. The van der Waals surface area contributed by atoms with Crippen molar-refractivity contribution >= 4 is 17.6 Å². The monoisotopic (exact) mass is 302 g/mol. The lowest BCUT2D eigenvalue weighted by Crippen LogP contribution is -2.39. The van der Waals surface area contributed by atoms with E-state index in [0.29, 0.717) is 18.7 Å². The summed E-state index contributed by atoms with van der Waals surface area (Å²) in [7, 11) is 1.76. The molecule has 2 aromatic heterocycles. The highest BCUT2D eigenvalue weighted by molar-refractivity contribution is 5.90. The van der Waals surface area contributed by atoms with Crippen LogP contribution in [0.4, 0.5) is 0 Å². The number of aromatic nitrogens is 4. The van der Waals surface area contributed by atoms with Crippen LogP contribution in [0.1, 0.15) is 34.8 Å². The molecule has 0 spiro atoms. The number of hydrogen-bond donors (Lipinski definition) is 1. The second-order valence-electron chi connectivity index (χ2n) is 5.59. The predicted octanol–water partition coefficient (Wildman–Crippen LogP) is 0.0917. The zero-order valence-electron chi connectivity index (χ0n) is 12.8. The fourth-order valence-electron chi connectivity index (χ4n) is 2.65. The molecule has 2 aromatic rings. The van der Waals surface area contributed by atoms with Crippen molar-refractivity contribution in [3.05, 3.63) is 23.3 Å². The standard InChI is InChI=1S/C14H18N6O2/c1-8-6-9(2)20-14(16-8)17-12(18-20)13(22)15-7-10-4-5-11(21)19(10)3/h6,10H,4-5,7H2,1-3H3,(H,15,22). The minimum atomic E-state index is -0.352. The first-order valence-electron chi connectivity index (χ1n) is 7.20. The lowest BCUT2D eigenvalue weighted by atomic mass is 10.2. The molecule has 1 aliphatic heterocycles. The number of likely N-dealkylation sites (tertiary alicyclic amines) is 1. The molecule has 3 heterocycles. The average molecular weight is 302 g/mol. The molecule has 8 nitrogen and oxygen atoms in total. The van der Waals surface area contributed by atoms with Crippen LogP contribution < -0.4 is 5.32 Å². The minimum absolute atomic E-state index is 0.0376. The Bertz CT molecular complexity index is 753. The molecule has 0 radical (unpaired) electrons. The third kappa shape index (κ3) is 2.51. The van der Waals surface area contributed by atoms with Crippen LogP contribution in [0.3, 0.4) is 0 Å². The van der Waals surface area contributed by atoms with E-state index in [1.54, 1.807) is 16.5 Å². The van der Waals surface area contributed by atoms with Crippen LogP contribution in [0.25, 0.3) is 5.78 Å². The van der Waals surface area contributed by atoms with E-state index in [2.05, 4.69) is 20.4 Å². The van der Waals surface area contributed by atoms with Crippen molar-refractivity contribution in [2.24, 2.45) is 0 Å². The highest BCUT2D eigenvalue weighted by Gasteiger charge is 2.28. The van der Waals surface area contributed by atoms with Gasteiger partial charge in [0, 0.05) is 37.4 Å². The summed E-state index contributed by atoms with van der Waals surface area (Å²) in [6.07, 6.45) is 1.29. The highest BCUT2D eigenvalue weighted by atomic mass is 16.2. The van der Waals surface area contributed by atoms with E-state index < -0.39 is 0 Å². The van der Waals surface area contributed by atoms with E-state index in [0.717, 1.165) is 17.8 Å². The van der Waals surface area contributed by atoms with Crippen molar-refractivity contribution in [1.82, 2.24) is 29.8 Å². The van der Waals surface area contributed by atoms with Gasteiger partial charge in [0.05, 0.1) is 0 Å². The quantitative estimate of drug-likeness (QED) is 0.867. The number of likely N-dealkylation sites (N-methyl/N-ethyl adjacent to an activating group) is 1. The number of carbonyl (C=O) groups is 2. The fraction of sp³-hybridized carbons (Fsp3) is 0.500. The summed E-state index contributed by atoms with van der Waals surface area (Å²) in [4.78, 5) is 33.7. The van der Waals surface area contributed by atoms with Crippen LogP contribution in [-0.2, 0) is 4.79 Å². The smallest absolute Gasteiger partial charge is 0.291 e. The molecule has 1 unspecified atom stereocenters. The van der Waals surface area contributed by atoms with Crippen molar-refractivity contribution < 1.29 is 9.59 Å². The number of fused-ring (bicyclic) bond motifs is 1. The first-order valence-corrected chi connectivity index (χ1v) is 7.20. The Morgan fingerprint density at radius 3 is 2.86 bits per heavy atom. The molecule has 0 aliphatic carbocycles. The molecule has 2 amide bonds. The summed E-state index contributed by atoms with van der Waals surface area (Å²) in [6.45, 7) is 4.16. The lowest BCUT2D eigenvalue weighted by molar-refractivity contribution is -0.127. The van der Waals surface area contributed by atoms with E-state index in [1.165, 1.54) is 0 Å². The molecule has 8 heteroatoms. The van der Waals surface area contributed by atoms with E-state index in [-0.39, 0.29) is 23.7 Å². The Morgan fingerprint density at radius 2 is 2.18 bits per heavy atom. The van der Waals surface area contributed by atoms with Gasteiger partial charge >= 0.3 is 0 Å². The number of carbonyl (C=O) groups excluding carboxylic acids is 2. The topological polar surface area (TPSA) is 92.5 Å². The van der Waals surface area contributed by atoms with Gasteiger partial charge in [-0.05, 0) is 26.3 Å². The maximum atomic E-state index is 12.2. The number of rotatable bonds is 3. The van der Waals surface area contributed by atoms with Crippen LogP contribution >= 0.6 is 0 Å². The summed E-state index contributed by atoms with van der Waals surface area (Å²) >= 11 is 0. The van der Waals surface area contributed by atoms with Crippen molar-refractivity contribution in [1.29, 1.82) is 0 Å². The van der Waals surface area contributed by atoms with Gasteiger partial charge in [0.1, 0.15) is 0 Å². The van der Waals surface area contributed by atoms with Crippen molar-refractivity contribution in [2.75, 3.05) is 13.6 Å². The molecule has 1 aliphatic rings. The normalized spacial score (nSPS) is 18.2. The molecule has 0 bridgehead atoms. The van der Waals surface area contributed by atoms with E-state index >= 15 is 0 Å². The lowest BCUT2D eigenvalue weighted by Gasteiger charge is -2.19. The number of nitrogens with zero attached hydrogens (tertiary/aromatic N) is 5. The second kappa shape index (κ2) is 5.36. The molecule has 0 aromatic carbocycles. The number of aryl methyl sites for hydroxylation is 2. The number of nitrogens with one attached hydrogen (secondary N) is 1. The average Bonchev–Trinajstić information content (AvgIpc) is 3.02. The largest absolute Gasteiger partial charge is 0.347 e. The molecular formula is C14H18N6O2. The van der Waals surface area contributed by atoms with Gasteiger partial charge in [0.15, 0.2) is 0 Å². The van der Waals surface area contributed by atoms with E-state index in [1.807, 2.05) is 19.9 Å². The summed E-state index contributed by atoms with van der Waals surface area (Å²) in [6, 6.07) is 1.92. The number of amides is 2. The van der Waals surface area contributed by atoms with E-state index in [9.17, 15) is 9.59 Å². The van der Waals surface area contributed by atoms with Gasteiger partial charge in [-0.1, -0.05) is 0 Å². The Kier molecular flexibility index (Phi) is 3.51. The zero-order valence-corrected chi connectivity index (χ0v) is 12.8.